The molecule has 0 fully saturated rings. The Labute approximate surface area is 237 Å². The van der Waals surface area contributed by atoms with E-state index < -0.39 is 11.8 Å². The minimum Gasteiger partial charge on any atom is -0.471 e. The zero-order valence-corrected chi connectivity index (χ0v) is 21.9. The van der Waals surface area contributed by atoms with E-state index in [0.29, 0.717) is 44.6 Å². The lowest BCUT2D eigenvalue weighted by Gasteiger charge is -2.27. The van der Waals surface area contributed by atoms with E-state index in [1.807, 2.05) is 24.3 Å². The molecule has 3 amide bonds. The molecule has 208 valence electrons. The van der Waals surface area contributed by atoms with Crippen molar-refractivity contribution >= 4 is 51.3 Å². The first-order valence-corrected chi connectivity index (χ1v) is 12.8. The number of H-pyrrole nitrogens is 1. The molecule has 14 nitrogen and oxygen atoms in total. The third-order valence-electron chi connectivity index (χ3n) is 6.84. The molecule has 0 saturated heterocycles. The van der Waals surface area contributed by atoms with Gasteiger partial charge in [-0.3, -0.25) is 19.3 Å². The Kier molecular flexibility index (Phi) is 6.79. The number of nitrogen functional groups attached to an aromatic ring is 1. The van der Waals surface area contributed by atoms with Crippen LogP contribution in [0.4, 0.5) is 11.6 Å². The average molecular weight is 563 g/mol. The van der Waals surface area contributed by atoms with Gasteiger partial charge in [-0.2, -0.15) is 9.97 Å². The number of benzene rings is 3. The molecule has 1 aliphatic rings. The summed E-state index contributed by atoms with van der Waals surface area (Å²) < 4.78 is 5.80. The lowest BCUT2D eigenvalue weighted by atomic mass is 9.93. The molecule has 0 aliphatic carbocycles. The summed E-state index contributed by atoms with van der Waals surface area (Å²) in [5.41, 5.74) is 18.2. The van der Waals surface area contributed by atoms with E-state index in [4.69, 9.17) is 16.0 Å². The molecule has 0 radical (unpaired) electrons. The molecule has 1 aliphatic heterocycles. The van der Waals surface area contributed by atoms with Crippen LogP contribution in [0.1, 0.15) is 38.3 Å². The Bertz CT molecular complexity index is 1910. The van der Waals surface area contributed by atoms with E-state index in [9.17, 15) is 14.4 Å². The van der Waals surface area contributed by atoms with Gasteiger partial charge in [-0.05, 0) is 34.2 Å². The van der Waals surface area contributed by atoms with Gasteiger partial charge in [0.2, 0.25) is 17.7 Å². The topological polar surface area (TPSA) is 205 Å². The van der Waals surface area contributed by atoms with Crippen molar-refractivity contribution in [1.82, 2.24) is 30.2 Å². The summed E-state index contributed by atoms with van der Waals surface area (Å²) in [6.45, 7) is 0.424. The van der Waals surface area contributed by atoms with Crippen molar-refractivity contribution in [2.45, 2.75) is 19.6 Å². The summed E-state index contributed by atoms with van der Waals surface area (Å²) in [7, 11) is 0. The number of aromatic nitrogens is 4. The van der Waals surface area contributed by atoms with Gasteiger partial charge < -0.3 is 20.8 Å². The number of anilines is 1. The second-order valence-electron chi connectivity index (χ2n) is 9.43. The van der Waals surface area contributed by atoms with Gasteiger partial charge in [0.1, 0.15) is 12.1 Å². The van der Waals surface area contributed by atoms with E-state index in [0.717, 1.165) is 16.0 Å². The second-order valence-corrected chi connectivity index (χ2v) is 9.43. The normalized spacial score (nSPS) is 12.4. The summed E-state index contributed by atoms with van der Waals surface area (Å²) in [6.07, 6.45) is 1.43. The summed E-state index contributed by atoms with van der Waals surface area (Å²) in [4.78, 5) is 57.9. The van der Waals surface area contributed by atoms with Crippen LogP contribution in [0.25, 0.3) is 32.4 Å². The third-order valence-corrected chi connectivity index (χ3v) is 6.84. The molecule has 0 unspecified atom stereocenters. The largest absolute Gasteiger partial charge is 0.471 e. The predicted molar refractivity (Wildman–Crippen MR) is 151 cm³/mol. The third kappa shape index (κ3) is 4.89. The molecular formula is C28H22N10O4. The fourth-order valence-electron chi connectivity index (χ4n) is 4.80. The molecule has 5 aromatic rings. The lowest BCUT2D eigenvalue weighted by molar-refractivity contribution is -0.121. The van der Waals surface area contributed by atoms with Crippen LogP contribution in [-0.4, -0.2) is 49.1 Å². The quantitative estimate of drug-likeness (QED) is 0.104. The number of hydrogen-bond acceptors (Lipinski definition) is 9. The van der Waals surface area contributed by atoms with E-state index in [2.05, 4.69) is 35.3 Å². The zero-order valence-electron chi connectivity index (χ0n) is 21.9. The predicted octanol–water partition coefficient (Wildman–Crippen LogP) is 3.91. The van der Waals surface area contributed by atoms with Crippen molar-refractivity contribution in [3.05, 3.63) is 93.6 Å². The number of imidazole rings is 1. The van der Waals surface area contributed by atoms with Crippen LogP contribution in [0.2, 0.25) is 0 Å². The molecular weight excluding hydrogens is 540 g/mol. The molecule has 0 spiro atoms. The molecule has 3 heterocycles. The van der Waals surface area contributed by atoms with Crippen molar-refractivity contribution in [3.63, 3.8) is 0 Å². The van der Waals surface area contributed by atoms with Crippen LogP contribution >= 0.6 is 0 Å². The Hall–Kier alpha value is -6.01. The summed E-state index contributed by atoms with van der Waals surface area (Å²) in [5, 5.41) is 7.45. The molecule has 42 heavy (non-hydrogen) atoms. The van der Waals surface area contributed by atoms with Gasteiger partial charge in [0.05, 0.1) is 6.33 Å². The van der Waals surface area contributed by atoms with Crippen LogP contribution in [0, 0.1) is 0 Å². The number of carbonyl (C=O) groups is 3. The van der Waals surface area contributed by atoms with Gasteiger partial charge in [0, 0.05) is 46.6 Å². The SMILES string of the molecule is [N-]=[N+]=Nc1ccc2c3c(cccc13)C(=O)N(CCC(=O)NCc1ccc(COc3nc(N)nc4nc[nH]c34)cc1)C2=O. The fraction of sp³-hybridized carbons (Fsp3) is 0.143. The smallest absolute Gasteiger partial charge is 0.261 e. The Morgan fingerprint density at radius 3 is 2.60 bits per heavy atom. The molecule has 0 saturated carbocycles. The highest BCUT2D eigenvalue weighted by molar-refractivity contribution is 6.26. The minimum atomic E-state index is -0.500. The Morgan fingerprint density at radius 2 is 1.81 bits per heavy atom. The van der Waals surface area contributed by atoms with Gasteiger partial charge >= 0.3 is 0 Å². The molecule has 0 bridgehead atoms. The molecule has 6 rings (SSSR count). The first-order chi connectivity index (χ1) is 20.4. The lowest BCUT2D eigenvalue weighted by Crippen LogP contribution is -2.42. The van der Waals surface area contributed by atoms with Crippen LogP contribution in [-0.2, 0) is 17.9 Å². The number of carbonyl (C=O) groups excluding carboxylic acids is 3. The zero-order chi connectivity index (χ0) is 29.2. The fourth-order valence-corrected chi connectivity index (χ4v) is 4.80. The number of nitrogens with zero attached hydrogens (tertiary/aromatic N) is 7. The number of aromatic amines is 1. The van der Waals surface area contributed by atoms with Crippen molar-refractivity contribution in [3.8, 4) is 5.88 Å². The number of rotatable bonds is 9. The van der Waals surface area contributed by atoms with E-state index in [-0.39, 0.29) is 38.0 Å². The number of imide groups is 1. The van der Waals surface area contributed by atoms with Gasteiger partial charge in [-0.15, -0.1) is 0 Å². The number of amides is 3. The molecule has 0 atom stereocenters. The van der Waals surface area contributed by atoms with Crippen LogP contribution in [0.3, 0.4) is 0 Å². The van der Waals surface area contributed by atoms with E-state index in [1.165, 1.54) is 12.4 Å². The van der Waals surface area contributed by atoms with Gasteiger partial charge in [0.15, 0.2) is 5.65 Å². The molecule has 2 aromatic heterocycles. The van der Waals surface area contributed by atoms with Crippen LogP contribution in [0.15, 0.2) is 66.0 Å². The van der Waals surface area contributed by atoms with Crippen molar-refractivity contribution < 1.29 is 19.1 Å². The average Bonchev–Trinajstić information content (AvgIpc) is 3.47. The van der Waals surface area contributed by atoms with Crippen LogP contribution in [0.5, 0.6) is 5.88 Å². The highest BCUT2D eigenvalue weighted by atomic mass is 16.5. The van der Waals surface area contributed by atoms with Crippen LogP contribution < -0.4 is 15.8 Å². The van der Waals surface area contributed by atoms with Gasteiger partial charge in [-0.1, -0.05) is 47.6 Å². The highest BCUT2D eigenvalue weighted by Gasteiger charge is 2.33. The molecule has 3 aromatic carbocycles. The first-order valence-electron chi connectivity index (χ1n) is 12.8. The number of hydrogen-bond donors (Lipinski definition) is 3. The maximum Gasteiger partial charge on any atom is 0.261 e. The second kappa shape index (κ2) is 10.9. The highest BCUT2D eigenvalue weighted by Crippen LogP contribution is 2.35. The van der Waals surface area contributed by atoms with Gasteiger partial charge in [-0.25, -0.2) is 4.98 Å². The number of ether oxygens (including phenoxy) is 1. The molecule has 14 heteroatoms. The van der Waals surface area contributed by atoms with Gasteiger partial charge in [0.25, 0.3) is 11.8 Å². The number of nitrogens with one attached hydrogen (secondary N) is 2. The van der Waals surface area contributed by atoms with Crippen molar-refractivity contribution in [2.24, 2.45) is 5.11 Å². The summed E-state index contributed by atoms with van der Waals surface area (Å²) in [5.74, 6) is -0.946. The maximum absolute atomic E-state index is 13.2. The standard InChI is InChI=1S/C28H22N10O4/c29-28-34-24-23(32-14-33-24)25(35-28)42-13-16-6-4-15(5-7-16)12-31-21(39)10-11-38-26(40)18-3-1-2-17-20(36-37-30)9-8-19(22(17)18)27(38)41/h1-9,14H,10-13H2,(H,31,39)(H3,29,32,33,34,35). The first kappa shape index (κ1) is 26.2. The monoisotopic (exact) mass is 562 g/mol. The minimum absolute atomic E-state index is 0.0599. The summed E-state index contributed by atoms with van der Waals surface area (Å²) >= 11 is 0. The maximum atomic E-state index is 13.2. The Morgan fingerprint density at radius 1 is 1.05 bits per heavy atom. The van der Waals surface area contributed by atoms with E-state index >= 15 is 0 Å². The van der Waals surface area contributed by atoms with Crippen molar-refractivity contribution in [2.75, 3.05) is 12.3 Å². The van der Waals surface area contributed by atoms with E-state index in [1.54, 1.807) is 24.3 Å². The number of azide groups is 1. The number of nitrogens with two attached hydrogens (primary N) is 1. The molecule has 4 N–H and O–H groups in total. The number of fused-ring (bicyclic) bond motifs is 1. The Balaban J connectivity index is 1.04. The van der Waals surface area contributed by atoms with Crippen molar-refractivity contribution in [1.29, 1.82) is 0 Å². The summed E-state index contributed by atoms with van der Waals surface area (Å²) in [6, 6.07) is 15.5.